The fourth-order valence-corrected chi connectivity index (χ4v) is 4.38. The van der Waals surface area contributed by atoms with Crippen LogP contribution in [0.4, 0.5) is 26.3 Å². The summed E-state index contributed by atoms with van der Waals surface area (Å²) in [7, 11) is 0. The van der Waals surface area contributed by atoms with Crippen LogP contribution in [0.1, 0.15) is 22.6 Å². The van der Waals surface area contributed by atoms with Gasteiger partial charge in [0.2, 0.25) is 0 Å². The van der Waals surface area contributed by atoms with E-state index in [9.17, 15) is 31.1 Å². The second-order valence-electron chi connectivity index (χ2n) is 7.15. The molecule has 2 rings (SSSR count). The molecule has 0 aliphatic carbocycles. The summed E-state index contributed by atoms with van der Waals surface area (Å²) in [5.41, 5.74) is 0.0427. The Morgan fingerprint density at radius 2 is 1.67 bits per heavy atom. The molecule has 0 aliphatic heterocycles. The fourth-order valence-electron chi connectivity index (χ4n) is 2.74. The van der Waals surface area contributed by atoms with Crippen molar-refractivity contribution in [2.75, 3.05) is 6.54 Å². The normalized spacial score (nSPS) is 12.9. The van der Waals surface area contributed by atoms with Crippen LogP contribution in [0.5, 0.6) is 0 Å². The molecule has 3 nitrogen and oxygen atoms in total. The molecule has 0 radical (unpaired) electrons. The Bertz CT molecular complexity index is 1190. The molecule has 0 aliphatic rings. The summed E-state index contributed by atoms with van der Waals surface area (Å²) in [5.74, 6) is -3.14. The average molecular weight is 655 g/mol. The molecule has 36 heavy (non-hydrogen) atoms. The van der Waals surface area contributed by atoms with Crippen LogP contribution in [-0.4, -0.2) is 29.8 Å². The van der Waals surface area contributed by atoms with Crippen LogP contribution in [0.25, 0.3) is 6.08 Å². The zero-order valence-corrected chi connectivity index (χ0v) is 22.3. The van der Waals surface area contributed by atoms with E-state index in [1.165, 1.54) is 24.3 Å². The first-order chi connectivity index (χ1) is 16.5. The third kappa shape index (κ3) is 8.65. The van der Waals surface area contributed by atoms with Crippen LogP contribution < -0.4 is 10.6 Å². The van der Waals surface area contributed by atoms with Crippen LogP contribution >= 0.6 is 63.0 Å². The Hall–Kier alpha value is -1.79. The molecule has 0 saturated heterocycles. The van der Waals surface area contributed by atoms with E-state index in [4.69, 9.17) is 47.0 Å². The van der Waals surface area contributed by atoms with Gasteiger partial charge >= 0.3 is 12.4 Å². The highest BCUT2D eigenvalue weighted by Crippen LogP contribution is 2.41. The van der Waals surface area contributed by atoms with Crippen molar-refractivity contribution in [2.24, 2.45) is 0 Å². The molecule has 0 spiro atoms. The van der Waals surface area contributed by atoms with Crippen molar-refractivity contribution in [3.05, 3.63) is 84.9 Å². The molecule has 0 bridgehead atoms. The lowest BCUT2D eigenvalue weighted by molar-refractivity contribution is -0.139. The maximum atomic E-state index is 13.7. The highest BCUT2D eigenvalue weighted by Gasteiger charge is 2.39. The topological polar surface area (TPSA) is 41.1 Å². The zero-order chi connectivity index (χ0) is 27.4. The van der Waals surface area contributed by atoms with Gasteiger partial charge in [-0.1, -0.05) is 93.8 Å². The number of allylic oxidation sites excluding steroid dienone is 1. The van der Waals surface area contributed by atoms with Crippen molar-refractivity contribution in [1.29, 1.82) is 0 Å². The SMILES string of the molecule is C=C(NC(=S)c1ccc(/C=C/C(c2cc(Cl)c(Cl)c(Cl)c2)C(F)(F)F)cc1Br)C(=O)NCC(F)(F)F. The smallest absolute Gasteiger partial charge is 0.342 e. The number of amides is 1. The zero-order valence-electron chi connectivity index (χ0n) is 17.6. The van der Waals surface area contributed by atoms with E-state index in [2.05, 4.69) is 27.8 Å². The number of thiocarbonyl (C=S) groups is 1. The number of halogens is 10. The number of hydrogen-bond acceptors (Lipinski definition) is 2. The van der Waals surface area contributed by atoms with Gasteiger partial charge in [-0.15, -0.1) is 0 Å². The van der Waals surface area contributed by atoms with Gasteiger partial charge in [0.25, 0.3) is 5.91 Å². The van der Waals surface area contributed by atoms with Crippen LogP contribution in [0.15, 0.2) is 53.2 Å². The van der Waals surface area contributed by atoms with Gasteiger partial charge in [0.05, 0.1) is 26.7 Å². The van der Waals surface area contributed by atoms with Crippen LogP contribution in [0.3, 0.4) is 0 Å². The van der Waals surface area contributed by atoms with Gasteiger partial charge in [0.15, 0.2) is 0 Å². The van der Waals surface area contributed by atoms with Gasteiger partial charge in [-0.2, -0.15) is 26.3 Å². The molecular formula is C22H14BrCl3F6N2OS. The Morgan fingerprint density at radius 1 is 1.08 bits per heavy atom. The Kier molecular flexibility index (Phi) is 10.3. The van der Waals surface area contributed by atoms with E-state index in [-0.39, 0.29) is 25.6 Å². The Balaban J connectivity index is 2.20. The first-order valence-corrected chi connectivity index (χ1v) is 11.9. The van der Waals surface area contributed by atoms with Crippen molar-refractivity contribution in [2.45, 2.75) is 18.3 Å². The van der Waals surface area contributed by atoms with E-state index < -0.39 is 36.4 Å². The van der Waals surface area contributed by atoms with Crippen LogP contribution in [-0.2, 0) is 4.79 Å². The standard InChI is InChI=1S/C22H14BrCl3F6N2OS/c1-10(19(35)33-9-21(27,28)29)34-20(36)13-4-2-11(6-15(13)23)3-5-14(22(30,31)32)12-7-16(24)18(26)17(25)8-12/h2-8,14H,1,9H2,(H,33,35)(H,34,36)/b5-3+. The molecule has 0 heterocycles. The number of rotatable bonds is 7. The van der Waals surface area contributed by atoms with E-state index >= 15 is 0 Å². The van der Waals surface area contributed by atoms with Gasteiger partial charge in [-0.05, 0) is 29.3 Å². The molecule has 0 aromatic heterocycles. The monoisotopic (exact) mass is 652 g/mol. The lowest BCUT2D eigenvalue weighted by Gasteiger charge is -2.18. The van der Waals surface area contributed by atoms with E-state index in [0.717, 1.165) is 18.2 Å². The molecule has 194 valence electrons. The molecule has 14 heteroatoms. The second-order valence-corrected chi connectivity index (χ2v) is 9.60. The number of nitrogens with one attached hydrogen (secondary N) is 2. The summed E-state index contributed by atoms with van der Waals surface area (Å²) in [6, 6.07) is 6.52. The summed E-state index contributed by atoms with van der Waals surface area (Å²) < 4.78 is 78.2. The number of hydrogen-bond donors (Lipinski definition) is 2. The lowest BCUT2D eigenvalue weighted by Crippen LogP contribution is -2.38. The van der Waals surface area contributed by atoms with Gasteiger partial charge in [-0.3, -0.25) is 4.79 Å². The lowest BCUT2D eigenvalue weighted by atomic mass is 9.97. The van der Waals surface area contributed by atoms with Crippen molar-refractivity contribution < 1.29 is 31.1 Å². The molecule has 1 amide bonds. The summed E-state index contributed by atoms with van der Waals surface area (Å²) in [4.78, 5) is 11.7. The summed E-state index contributed by atoms with van der Waals surface area (Å²) in [5, 5.41) is 3.77. The molecule has 1 atom stereocenters. The van der Waals surface area contributed by atoms with E-state index in [0.29, 0.717) is 15.6 Å². The summed E-state index contributed by atoms with van der Waals surface area (Å²) >= 11 is 26.0. The minimum absolute atomic E-state index is 0.0526. The second kappa shape index (κ2) is 12.2. The van der Waals surface area contributed by atoms with Gasteiger partial charge in [-0.25, -0.2) is 0 Å². The Labute approximate surface area is 230 Å². The predicted octanol–water partition coefficient (Wildman–Crippen LogP) is 8.23. The third-order valence-corrected chi connectivity index (χ3v) is 6.60. The maximum absolute atomic E-state index is 13.7. The molecule has 2 aromatic rings. The first-order valence-electron chi connectivity index (χ1n) is 9.53. The van der Waals surface area contributed by atoms with Crippen molar-refractivity contribution in [3.8, 4) is 0 Å². The van der Waals surface area contributed by atoms with Crippen LogP contribution in [0, 0.1) is 0 Å². The van der Waals surface area contributed by atoms with Crippen molar-refractivity contribution in [1.82, 2.24) is 10.6 Å². The molecule has 0 saturated carbocycles. The quantitative estimate of drug-likeness (QED) is 0.137. The average Bonchev–Trinajstić information content (AvgIpc) is 2.74. The highest BCUT2D eigenvalue weighted by molar-refractivity contribution is 9.10. The summed E-state index contributed by atoms with van der Waals surface area (Å²) in [6.45, 7) is 1.80. The van der Waals surface area contributed by atoms with E-state index in [1.54, 1.807) is 5.32 Å². The minimum Gasteiger partial charge on any atom is -0.342 e. The predicted molar refractivity (Wildman–Crippen MR) is 136 cm³/mol. The fraction of sp³-hybridized carbons (Fsp3) is 0.182. The van der Waals surface area contributed by atoms with Gasteiger partial charge < -0.3 is 10.6 Å². The molecule has 2 aromatic carbocycles. The third-order valence-electron chi connectivity index (χ3n) is 4.42. The Morgan fingerprint density at radius 3 is 2.17 bits per heavy atom. The largest absolute Gasteiger partial charge is 0.405 e. The van der Waals surface area contributed by atoms with Crippen LogP contribution in [0.2, 0.25) is 15.1 Å². The summed E-state index contributed by atoms with van der Waals surface area (Å²) in [6.07, 6.45) is -7.11. The minimum atomic E-state index is -4.66. The van der Waals surface area contributed by atoms with Crippen molar-refractivity contribution >= 4 is 79.9 Å². The van der Waals surface area contributed by atoms with E-state index in [1.807, 2.05) is 0 Å². The molecular weight excluding hydrogens is 641 g/mol. The molecule has 0 fully saturated rings. The first kappa shape index (κ1) is 30.4. The number of carbonyl (C=O) groups excluding carboxylic acids is 1. The maximum Gasteiger partial charge on any atom is 0.405 e. The molecule has 2 N–H and O–H groups in total. The van der Waals surface area contributed by atoms with Gasteiger partial charge in [0.1, 0.15) is 11.5 Å². The molecule has 1 unspecified atom stereocenters. The highest BCUT2D eigenvalue weighted by atomic mass is 79.9. The number of alkyl halides is 6. The number of benzene rings is 2. The van der Waals surface area contributed by atoms with Crippen molar-refractivity contribution in [3.63, 3.8) is 0 Å². The number of carbonyl (C=O) groups is 1. The van der Waals surface area contributed by atoms with Gasteiger partial charge in [0, 0.05) is 10.0 Å².